The van der Waals surface area contributed by atoms with Gasteiger partial charge < -0.3 is 55.1 Å². The molecular weight excluding hydrogens is 528 g/mol. The summed E-state index contributed by atoms with van der Waals surface area (Å²) in [5, 5.41) is 56.8. The lowest BCUT2D eigenvalue weighted by atomic mass is 9.94. The quantitative estimate of drug-likeness (QED) is 0.204. The summed E-state index contributed by atoms with van der Waals surface area (Å²) < 4.78 is 21.6. The molecule has 2 aromatic carbocycles. The van der Waals surface area contributed by atoms with Crippen molar-refractivity contribution in [2.24, 2.45) is 0 Å². The molecular formula is C27H34N2O11. The second kappa shape index (κ2) is 12.0. The summed E-state index contributed by atoms with van der Waals surface area (Å²) in [7, 11) is 1.60. The van der Waals surface area contributed by atoms with E-state index in [1.807, 2.05) is 38.1 Å². The molecule has 0 spiro atoms. The first-order chi connectivity index (χ1) is 18.9. The number of nitrogens with one attached hydrogen (secondary N) is 2. The van der Waals surface area contributed by atoms with Crippen LogP contribution in [0.3, 0.4) is 0 Å². The SMILES string of the molecule is COc1ccc(CC(C)(C)NC[C@H](O)c2cc(O[C@@H]3O[C@H](C(=O)O)[C@@H](O)[C@H](O)[C@H]3O)cc3c2OCC(=O)N3)cc1. The molecule has 0 bridgehead atoms. The second-order valence-corrected chi connectivity index (χ2v) is 10.4. The molecule has 13 nitrogen and oxygen atoms in total. The summed E-state index contributed by atoms with van der Waals surface area (Å²) in [6, 6.07) is 10.4. The number of carboxylic acids is 1. The number of ether oxygens (including phenoxy) is 4. The van der Waals surface area contributed by atoms with Crippen LogP contribution in [0, 0.1) is 0 Å². The van der Waals surface area contributed by atoms with Crippen LogP contribution in [0.2, 0.25) is 0 Å². The molecule has 1 saturated heterocycles. The van der Waals surface area contributed by atoms with Crippen molar-refractivity contribution in [3.8, 4) is 17.2 Å². The van der Waals surface area contributed by atoms with Crippen molar-refractivity contribution in [1.29, 1.82) is 0 Å². The average molecular weight is 563 g/mol. The topological polar surface area (TPSA) is 196 Å². The van der Waals surface area contributed by atoms with Gasteiger partial charge in [-0.05, 0) is 44.0 Å². The van der Waals surface area contributed by atoms with E-state index in [0.29, 0.717) is 6.42 Å². The third-order valence-corrected chi connectivity index (χ3v) is 6.72. The summed E-state index contributed by atoms with van der Waals surface area (Å²) in [6.07, 6.45) is -9.56. The number of hydrogen-bond acceptors (Lipinski definition) is 11. The number of anilines is 1. The van der Waals surface area contributed by atoms with Gasteiger partial charge in [-0.1, -0.05) is 12.1 Å². The molecule has 2 aliphatic heterocycles. The Labute approximate surface area is 230 Å². The van der Waals surface area contributed by atoms with Crippen LogP contribution < -0.4 is 24.8 Å². The number of aliphatic carboxylic acids is 1. The van der Waals surface area contributed by atoms with Gasteiger partial charge >= 0.3 is 5.97 Å². The number of aliphatic hydroxyl groups is 4. The van der Waals surface area contributed by atoms with E-state index in [2.05, 4.69) is 10.6 Å². The van der Waals surface area contributed by atoms with Crippen molar-refractivity contribution in [1.82, 2.24) is 5.32 Å². The van der Waals surface area contributed by atoms with Crippen molar-refractivity contribution in [3.63, 3.8) is 0 Å². The molecule has 40 heavy (non-hydrogen) atoms. The van der Waals surface area contributed by atoms with Gasteiger partial charge in [-0.25, -0.2) is 4.79 Å². The lowest BCUT2D eigenvalue weighted by Crippen LogP contribution is -2.61. The van der Waals surface area contributed by atoms with E-state index in [0.717, 1.165) is 11.3 Å². The number of β-amino-alcohol motifs (C(OH)–C–C–N with tert-alkyl or cyclic N) is 1. The highest BCUT2D eigenvalue weighted by molar-refractivity contribution is 5.96. The normalized spacial score (nSPS) is 25.3. The molecule has 2 aromatic rings. The zero-order valence-corrected chi connectivity index (χ0v) is 22.2. The largest absolute Gasteiger partial charge is 0.497 e. The van der Waals surface area contributed by atoms with Gasteiger partial charge in [0.15, 0.2) is 12.7 Å². The van der Waals surface area contributed by atoms with Gasteiger partial charge in [0.1, 0.15) is 35.6 Å². The fourth-order valence-electron chi connectivity index (χ4n) is 4.60. The first kappa shape index (κ1) is 29.5. The molecule has 2 heterocycles. The minimum Gasteiger partial charge on any atom is -0.497 e. The van der Waals surface area contributed by atoms with E-state index in [1.165, 1.54) is 12.1 Å². The van der Waals surface area contributed by atoms with Crippen LogP contribution in [0.5, 0.6) is 17.2 Å². The third-order valence-electron chi connectivity index (χ3n) is 6.72. The van der Waals surface area contributed by atoms with Crippen LogP contribution in [0.1, 0.15) is 31.1 Å². The van der Waals surface area contributed by atoms with Gasteiger partial charge in [0.25, 0.3) is 5.91 Å². The lowest BCUT2D eigenvalue weighted by Gasteiger charge is -2.38. The number of carboxylic acid groups (broad SMARTS) is 1. The van der Waals surface area contributed by atoms with Crippen molar-refractivity contribution in [2.75, 3.05) is 25.6 Å². The van der Waals surface area contributed by atoms with Crippen LogP contribution in [-0.4, -0.2) is 93.9 Å². The Hall–Kier alpha value is -3.46. The minimum absolute atomic E-state index is 0.0205. The van der Waals surface area contributed by atoms with E-state index in [4.69, 9.17) is 18.9 Å². The highest BCUT2D eigenvalue weighted by Gasteiger charge is 2.48. The van der Waals surface area contributed by atoms with Crippen LogP contribution in [0.4, 0.5) is 5.69 Å². The minimum atomic E-state index is -1.88. The molecule has 0 aromatic heterocycles. The molecule has 0 unspecified atom stereocenters. The molecule has 0 aliphatic carbocycles. The van der Waals surface area contributed by atoms with Crippen molar-refractivity contribution < 1.29 is 54.1 Å². The van der Waals surface area contributed by atoms with E-state index in [9.17, 15) is 35.1 Å². The maximum Gasteiger partial charge on any atom is 0.335 e. The molecule has 2 aliphatic rings. The van der Waals surface area contributed by atoms with Crippen molar-refractivity contribution in [3.05, 3.63) is 47.5 Å². The first-order valence-electron chi connectivity index (χ1n) is 12.6. The summed E-state index contributed by atoms with van der Waals surface area (Å²) in [5.74, 6) is -1.05. The Morgan fingerprint density at radius 3 is 2.48 bits per heavy atom. The van der Waals surface area contributed by atoms with Gasteiger partial charge in [0.05, 0.1) is 18.9 Å². The van der Waals surface area contributed by atoms with E-state index in [1.54, 1.807) is 7.11 Å². The highest BCUT2D eigenvalue weighted by atomic mass is 16.7. The van der Waals surface area contributed by atoms with Gasteiger partial charge in [0, 0.05) is 23.7 Å². The van der Waals surface area contributed by atoms with Crippen LogP contribution >= 0.6 is 0 Å². The number of aliphatic hydroxyl groups excluding tert-OH is 4. The van der Waals surface area contributed by atoms with Gasteiger partial charge in [-0.3, -0.25) is 4.79 Å². The summed E-state index contributed by atoms with van der Waals surface area (Å²) in [6.45, 7) is 3.79. The average Bonchev–Trinajstić information content (AvgIpc) is 2.91. The van der Waals surface area contributed by atoms with Crippen molar-refractivity contribution in [2.45, 2.75) is 62.6 Å². The Kier molecular flexibility index (Phi) is 8.83. The van der Waals surface area contributed by atoms with Crippen LogP contribution in [0.25, 0.3) is 0 Å². The zero-order valence-electron chi connectivity index (χ0n) is 22.2. The molecule has 13 heteroatoms. The molecule has 218 valence electrons. The fourth-order valence-corrected chi connectivity index (χ4v) is 4.60. The first-order valence-corrected chi connectivity index (χ1v) is 12.6. The summed E-state index contributed by atoms with van der Waals surface area (Å²) in [4.78, 5) is 23.4. The van der Waals surface area contributed by atoms with E-state index >= 15 is 0 Å². The van der Waals surface area contributed by atoms with Gasteiger partial charge in [-0.15, -0.1) is 0 Å². The molecule has 4 rings (SSSR count). The number of hydrogen-bond donors (Lipinski definition) is 7. The Morgan fingerprint density at radius 1 is 1.12 bits per heavy atom. The number of rotatable bonds is 10. The number of methoxy groups -OCH3 is 1. The Bertz CT molecular complexity index is 1220. The highest BCUT2D eigenvalue weighted by Crippen LogP contribution is 2.40. The number of amides is 1. The molecule has 6 atom stereocenters. The molecule has 1 fully saturated rings. The maximum atomic E-state index is 12.0. The summed E-state index contributed by atoms with van der Waals surface area (Å²) in [5.41, 5.74) is 1.06. The van der Waals surface area contributed by atoms with Crippen LogP contribution in [0.15, 0.2) is 36.4 Å². The van der Waals surface area contributed by atoms with Gasteiger partial charge in [-0.2, -0.15) is 0 Å². The predicted octanol–water partition coefficient (Wildman–Crippen LogP) is -0.0586. The Morgan fingerprint density at radius 2 is 1.82 bits per heavy atom. The molecule has 7 N–H and O–H groups in total. The number of carbonyl (C=O) groups excluding carboxylic acids is 1. The van der Waals surface area contributed by atoms with E-state index in [-0.39, 0.29) is 35.9 Å². The van der Waals surface area contributed by atoms with Gasteiger partial charge in [0.2, 0.25) is 6.29 Å². The standard InChI is InChI=1S/C27H34N2O11/c1-27(2,10-13-4-6-14(37-3)7-5-13)28-11-18(30)16-8-15(9-17-23(16)38-12-19(31)29-17)39-26-22(34)20(32)21(33)24(40-26)25(35)36/h4-9,18,20-22,24,26,28,30,32-34H,10-12H2,1-3H3,(H,29,31)(H,35,36)/t18-,20-,21-,22+,24-,26+/m0/s1. The smallest absolute Gasteiger partial charge is 0.335 e. The monoisotopic (exact) mass is 562 g/mol. The third kappa shape index (κ3) is 6.63. The lowest BCUT2D eigenvalue weighted by molar-refractivity contribution is -0.271. The fraction of sp³-hybridized carbons (Fsp3) is 0.481. The number of fused-ring (bicyclic) bond motifs is 1. The predicted molar refractivity (Wildman–Crippen MR) is 139 cm³/mol. The van der Waals surface area contributed by atoms with Crippen molar-refractivity contribution >= 4 is 17.6 Å². The second-order valence-electron chi connectivity index (χ2n) is 10.4. The zero-order chi connectivity index (χ0) is 29.2. The Balaban J connectivity index is 1.53. The number of carbonyl (C=O) groups is 2. The van der Waals surface area contributed by atoms with Crippen LogP contribution in [-0.2, 0) is 20.7 Å². The summed E-state index contributed by atoms with van der Waals surface area (Å²) >= 11 is 0. The molecule has 1 amide bonds. The molecule has 0 radical (unpaired) electrons. The molecule has 0 saturated carbocycles. The number of benzene rings is 2. The van der Waals surface area contributed by atoms with E-state index < -0.39 is 54.2 Å². The maximum absolute atomic E-state index is 12.0.